The van der Waals surface area contributed by atoms with Gasteiger partial charge in [0.15, 0.2) is 6.29 Å². The Bertz CT molecular complexity index is 921. The predicted octanol–water partition coefficient (Wildman–Crippen LogP) is 2.03. The van der Waals surface area contributed by atoms with E-state index in [1.54, 1.807) is 0 Å². The number of halogens is 1. The van der Waals surface area contributed by atoms with Crippen LogP contribution in [-0.2, 0) is 11.3 Å². The Morgan fingerprint density at radius 2 is 2.22 bits per heavy atom. The molecule has 3 rings (SSSR count). The number of methoxy groups -OCH3 is 1. The highest BCUT2D eigenvalue weighted by Crippen LogP contribution is 2.34. The van der Waals surface area contributed by atoms with E-state index in [2.05, 4.69) is 32.5 Å². The van der Waals surface area contributed by atoms with E-state index in [4.69, 9.17) is 16.2 Å². The quantitative estimate of drug-likeness (QED) is 0.473. The molecule has 5 N–H and O–H groups in total. The van der Waals surface area contributed by atoms with Crippen molar-refractivity contribution in [3.63, 3.8) is 0 Å². The lowest BCUT2D eigenvalue weighted by Crippen LogP contribution is -2.15. The zero-order valence-electron chi connectivity index (χ0n) is 12.5. The SMILES string of the molecule is C=C(Cn1ccc2c3c(N)nc(N)nc3c(Br)cc21)C(O)OC. The molecular formula is C15H16BrN5O2. The predicted molar refractivity (Wildman–Crippen MR) is 93.7 cm³/mol. The first kappa shape index (κ1) is 15.7. The molecule has 0 amide bonds. The van der Waals surface area contributed by atoms with Gasteiger partial charge in [0.1, 0.15) is 5.82 Å². The van der Waals surface area contributed by atoms with Gasteiger partial charge in [0.25, 0.3) is 0 Å². The fourth-order valence-corrected chi connectivity index (χ4v) is 3.08. The van der Waals surface area contributed by atoms with Gasteiger partial charge in [-0.15, -0.1) is 0 Å². The number of ether oxygens (including phenoxy) is 1. The number of nitrogens with zero attached hydrogens (tertiary/aromatic N) is 3. The molecule has 120 valence electrons. The third-order valence-electron chi connectivity index (χ3n) is 3.67. The summed E-state index contributed by atoms with van der Waals surface area (Å²) < 4.78 is 7.59. The number of hydrogen-bond acceptors (Lipinski definition) is 6. The molecule has 0 fully saturated rings. The molecule has 0 aliphatic rings. The molecule has 2 aromatic heterocycles. The number of anilines is 2. The van der Waals surface area contributed by atoms with Crippen LogP contribution in [0.15, 0.2) is 35.0 Å². The summed E-state index contributed by atoms with van der Waals surface area (Å²) in [6.45, 7) is 4.26. The van der Waals surface area contributed by atoms with Crippen LogP contribution in [0.4, 0.5) is 11.8 Å². The number of benzene rings is 1. The molecule has 3 aromatic rings. The number of hydrogen-bond donors (Lipinski definition) is 3. The summed E-state index contributed by atoms with van der Waals surface area (Å²) in [4.78, 5) is 8.29. The second-order valence-electron chi connectivity index (χ2n) is 5.17. The first-order valence-electron chi connectivity index (χ1n) is 6.81. The van der Waals surface area contributed by atoms with Crippen LogP contribution < -0.4 is 11.5 Å². The van der Waals surface area contributed by atoms with E-state index in [9.17, 15) is 5.11 Å². The minimum atomic E-state index is -1.01. The summed E-state index contributed by atoms with van der Waals surface area (Å²) in [6.07, 6.45) is 0.879. The first-order valence-corrected chi connectivity index (χ1v) is 7.60. The summed E-state index contributed by atoms with van der Waals surface area (Å²) in [5.74, 6) is 0.457. The smallest absolute Gasteiger partial charge is 0.222 e. The summed E-state index contributed by atoms with van der Waals surface area (Å²) in [7, 11) is 1.43. The summed E-state index contributed by atoms with van der Waals surface area (Å²) >= 11 is 3.50. The van der Waals surface area contributed by atoms with Crippen molar-refractivity contribution < 1.29 is 9.84 Å². The first-order chi connectivity index (χ1) is 10.9. The molecule has 2 heterocycles. The van der Waals surface area contributed by atoms with Gasteiger partial charge >= 0.3 is 0 Å². The number of nitrogen functional groups attached to an aromatic ring is 2. The fraction of sp³-hybridized carbons (Fsp3) is 0.200. The van der Waals surface area contributed by atoms with Crippen molar-refractivity contribution in [2.75, 3.05) is 18.6 Å². The van der Waals surface area contributed by atoms with Gasteiger partial charge in [-0.3, -0.25) is 0 Å². The Hall–Kier alpha value is -2.16. The van der Waals surface area contributed by atoms with E-state index in [1.165, 1.54) is 7.11 Å². The molecule has 0 bridgehead atoms. The minimum Gasteiger partial charge on any atom is -0.383 e. The van der Waals surface area contributed by atoms with Gasteiger partial charge in [0.2, 0.25) is 5.95 Å². The molecule has 0 saturated heterocycles. The van der Waals surface area contributed by atoms with Crippen molar-refractivity contribution in [2.24, 2.45) is 0 Å². The van der Waals surface area contributed by atoms with Crippen molar-refractivity contribution in [3.8, 4) is 0 Å². The van der Waals surface area contributed by atoms with Crippen LogP contribution in [0.1, 0.15) is 0 Å². The van der Waals surface area contributed by atoms with Crippen molar-refractivity contribution in [3.05, 3.63) is 35.0 Å². The molecule has 1 unspecified atom stereocenters. The number of nitrogens with two attached hydrogens (primary N) is 2. The van der Waals surface area contributed by atoms with E-state index in [1.807, 2.05) is 22.9 Å². The van der Waals surface area contributed by atoms with E-state index < -0.39 is 6.29 Å². The number of fused-ring (bicyclic) bond motifs is 3. The number of rotatable bonds is 4. The van der Waals surface area contributed by atoms with Crippen molar-refractivity contribution in [2.45, 2.75) is 12.8 Å². The topological polar surface area (TPSA) is 112 Å². The molecular weight excluding hydrogens is 362 g/mol. The monoisotopic (exact) mass is 377 g/mol. The molecule has 0 spiro atoms. The van der Waals surface area contributed by atoms with Crippen LogP contribution in [0.3, 0.4) is 0 Å². The van der Waals surface area contributed by atoms with Gasteiger partial charge in [-0.05, 0) is 33.6 Å². The van der Waals surface area contributed by atoms with Gasteiger partial charge in [0.05, 0.1) is 16.4 Å². The second kappa shape index (κ2) is 5.80. The van der Waals surface area contributed by atoms with Gasteiger partial charge in [0, 0.05) is 29.7 Å². The normalized spacial score (nSPS) is 12.8. The fourth-order valence-electron chi connectivity index (χ4n) is 2.58. The summed E-state index contributed by atoms with van der Waals surface area (Å²) in [5, 5.41) is 11.3. The molecule has 7 nitrogen and oxygen atoms in total. The van der Waals surface area contributed by atoms with Gasteiger partial charge in [-0.2, -0.15) is 4.98 Å². The summed E-state index contributed by atoms with van der Waals surface area (Å²) in [6, 6.07) is 3.85. The Morgan fingerprint density at radius 1 is 1.48 bits per heavy atom. The minimum absolute atomic E-state index is 0.131. The third kappa shape index (κ3) is 2.65. The molecule has 0 radical (unpaired) electrons. The Morgan fingerprint density at radius 3 is 2.91 bits per heavy atom. The van der Waals surface area contributed by atoms with E-state index >= 15 is 0 Å². The van der Waals surface area contributed by atoms with Crippen LogP contribution in [-0.4, -0.2) is 33.0 Å². The zero-order chi connectivity index (χ0) is 16.7. The molecule has 8 heteroatoms. The number of aromatic nitrogens is 3. The van der Waals surface area contributed by atoms with E-state index in [-0.39, 0.29) is 5.95 Å². The van der Waals surface area contributed by atoms with Crippen molar-refractivity contribution in [1.82, 2.24) is 14.5 Å². The van der Waals surface area contributed by atoms with Gasteiger partial charge in [-0.25, -0.2) is 4.98 Å². The van der Waals surface area contributed by atoms with Crippen LogP contribution >= 0.6 is 15.9 Å². The second-order valence-corrected chi connectivity index (χ2v) is 6.03. The molecule has 0 aliphatic heterocycles. The molecule has 0 saturated carbocycles. The molecule has 1 aromatic carbocycles. The lowest BCUT2D eigenvalue weighted by molar-refractivity contribution is -0.0469. The Balaban J connectivity index is 2.20. The highest BCUT2D eigenvalue weighted by molar-refractivity contribution is 9.10. The Labute approximate surface area is 140 Å². The van der Waals surface area contributed by atoms with E-state index in [0.717, 1.165) is 20.8 Å². The number of aliphatic hydroxyl groups excluding tert-OH is 1. The maximum absolute atomic E-state index is 9.70. The molecule has 1 atom stereocenters. The van der Waals surface area contributed by atoms with Crippen molar-refractivity contribution >= 4 is 49.5 Å². The van der Waals surface area contributed by atoms with Crippen molar-refractivity contribution in [1.29, 1.82) is 0 Å². The van der Waals surface area contributed by atoms with Crippen LogP contribution in [0, 0.1) is 0 Å². The Kier molecular flexibility index (Phi) is 3.97. The van der Waals surface area contributed by atoms with Crippen LogP contribution in [0.2, 0.25) is 0 Å². The summed E-state index contributed by atoms with van der Waals surface area (Å²) in [5.41, 5.74) is 13.8. The van der Waals surface area contributed by atoms with Gasteiger partial charge < -0.3 is 25.9 Å². The lowest BCUT2D eigenvalue weighted by atomic mass is 10.1. The highest BCUT2D eigenvalue weighted by Gasteiger charge is 2.15. The average molecular weight is 378 g/mol. The average Bonchev–Trinajstić information content (AvgIpc) is 2.88. The van der Waals surface area contributed by atoms with Gasteiger partial charge in [-0.1, -0.05) is 6.58 Å². The van der Waals surface area contributed by atoms with Crippen LogP contribution in [0.25, 0.3) is 21.8 Å². The lowest BCUT2D eigenvalue weighted by Gasteiger charge is -2.14. The number of aliphatic hydroxyl groups is 1. The van der Waals surface area contributed by atoms with E-state index in [0.29, 0.717) is 23.5 Å². The zero-order valence-corrected chi connectivity index (χ0v) is 14.0. The van der Waals surface area contributed by atoms with Crippen LogP contribution in [0.5, 0.6) is 0 Å². The third-order valence-corrected chi connectivity index (χ3v) is 4.27. The maximum atomic E-state index is 9.70. The largest absolute Gasteiger partial charge is 0.383 e. The molecule has 23 heavy (non-hydrogen) atoms. The molecule has 0 aliphatic carbocycles. The standard InChI is InChI=1S/C15H16BrN5O2/c1-7(14(22)23-2)6-21-4-3-8-10(21)5-9(16)12-11(8)13(17)20-15(18)19-12/h3-5,14,22H,1,6H2,2H3,(H4,17,18,19,20). The highest BCUT2D eigenvalue weighted by atomic mass is 79.9. The maximum Gasteiger partial charge on any atom is 0.222 e.